The number of nitrogens with zero attached hydrogens (tertiary/aromatic N) is 2. The minimum atomic E-state index is 0.569. The van der Waals surface area contributed by atoms with Crippen molar-refractivity contribution in [2.45, 2.75) is 20.3 Å². The summed E-state index contributed by atoms with van der Waals surface area (Å²) in [5, 5.41) is 4.09. The van der Waals surface area contributed by atoms with Crippen molar-refractivity contribution in [1.82, 2.24) is 15.3 Å². The molecule has 0 aliphatic rings. The van der Waals surface area contributed by atoms with Gasteiger partial charge in [-0.3, -0.25) is 4.68 Å². The SMILES string of the molecule is CC(C)CONCCc1ccnn1C. The summed E-state index contributed by atoms with van der Waals surface area (Å²) in [5.74, 6) is 0.569. The molecule has 4 heteroatoms. The molecule has 0 atom stereocenters. The van der Waals surface area contributed by atoms with Gasteiger partial charge in [0.1, 0.15) is 0 Å². The monoisotopic (exact) mass is 197 g/mol. The average Bonchev–Trinajstić information content (AvgIpc) is 2.51. The molecule has 1 rings (SSSR count). The van der Waals surface area contributed by atoms with E-state index in [0.29, 0.717) is 5.92 Å². The molecule has 0 aliphatic heterocycles. The highest BCUT2D eigenvalue weighted by Crippen LogP contribution is 1.96. The second kappa shape index (κ2) is 5.78. The van der Waals surface area contributed by atoms with Crippen LogP contribution in [0.15, 0.2) is 12.3 Å². The van der Waals surface area contributed by atoms with Gasteiger partial charge in [-0.05, 0) is 12.0 Å². The highest BCUT2D eigenvalue weighted by atomic mass is 16.6. The summed E-state index contributed by atoms with van der Waals surface area (Å²) < 4.78 is 1.88. The highest BCUT2D eigenvalue weighted by Gasteiger charge is 1.98. The van der Waals surface area contributed by atoms with Crippen LogP contribution in [0.5, 0.6) is 0 Å². The maximum absolute atomic E-state index is 5.25. The van der Waals surface area contributed by atoms with Gasteiger partial charge in [0.15, 0.2) is 0 Å². The molecule has 80 valence electrons. The summed E-state index contributed by atoms with van der Waals surface area (Å²) in [7, 11) is 1.95. The molecule has 4 nitrogen and oxygen atoms in total. The Morgan fingerprint density at radius 3 is 2.93 bits per heavy atom. The lowest BCUT2D eigenvalue weighted by atomic mass is 10.2. The summed E-state index contributed by atoms with van der Waals surface area (Å²) in [6, 6.07) is 2.02. The molecule has 0 aliphatic carbocycles. The molecule has 0 saturated carbocycles. The molecule has 0 aromatic carbocycles. The molecule has 0 spiro atoms. The van der Waals surface area contributed by atoms with Gasteiger partial charge in [-0.25, -0.2) is 5.48 Å². The minimum Gasteiger partial charge on any atom is -0.302 e. The van der Waals surface area contributed by atoms with E-state index < -0.39 is 0 Å². The van der Waals surface area contributed by atoms with Crippen molar-refractivity contribution in [3.63, 3.8) is 0 Å². The van der Waals surface area contributed by atoms with Crippen molar-refractivity contribution in [2.24, 2.45) is 13.0 Å². The van der Waals surface area contributed by atoms with Crippen LogP contribution in [-0.4, -0.2) is 22.9 Å². The van der Waals surface area contributed by atoms with Crippen LogP contribution in [0.3, 0.4) is 0 Å². The summed E-state index contributed by atoms with van der Waals surface area (Å²) in [6.07, 6.45) is 2.75. The fourth-order valence-electron chi connectivity index (χ4n) is 1.12. The number of nitrogens with one attached hydrogen (secondary N) is 1. The lowest BCUT2D eigenvalue weighted by molar-refractivity contribution is 0.0244. The Kier molecular flexibility index (Phi) is 4.62. The predicted molar refractivity (Wildman–Crippen MR) is 55.7 cm³/mol. The molecule has 1 heterocycles. The fourth-order valence-corrected chi connectivity index (χ4v) is 1.12. The molecule has 1 N–H and O–H groups in total. The number of rotatable bonds is 6. The average molecular weight is 197 g/mol. The van der Waals surface area contributed by atoms with Gasteiger partial charge in [-0.1, -0.05) is 13.8 Å². The maximum Gasteiger partial charge on any atom is 0.0705 e. The van der Waals surface area contributed by atoms with E-state index >= 15 is 0 Å². The third kappa shape index (κ3) is 3.89. The van der Waals surface area contributed by atoms with Crippen LogP contribution >= 0.6 is 0 Å². The Balaban J connectivity index is 2.08. The maximum atomic E-state index is 5.25. The molecule has 1 aromatic rings. The third-order valence-corrected chi connectivity index (χ3v) is 1.92. The largest absolute Gasteiger partial charge is 0.302 e. The van der Waals surface area contributed by atoms with Gasteiger partial charge in [0.25, 0.3) is 0 Å². The van der Waals surface area contributed by atoms with E-state index in [1.54, 1.807) is 0 Å². The number of hydrogen-bond acceptors (Lipinski definition) is 3. The molecule has 0 saturated heterocycles. The van der Waals surface area contributed by atoms with Gasteiger partial charge in [0.2, 0.25) is 0 Å². The first-order valence-electron chi connectivity index (χ1n) is 5.01. The van der Waals surface area contributed by atoms with E-state index in [1.807, 2.05) is 24.0 Å². The van der Waals surface area contributed by atoms with Crippen molar-refractivity contribution >= 4 is 0 Å². The first-order valence-corrected chi connectivity index (χ1v) is 5.01. The van der Waals surface area contributed by atoms with Crippen molar-refractivity contribution in [1.29, 1.82) is 0 Å². The van der Waals surface area contributed by atoms with Crippen LogP contribution in [0.25, 0.3) is 0 Å². The molecule has 0 amide bonds. The number of aromatic nitrogens is 2. The molecular weight excluding hydrogens is 178 g/mol. The number of aryl methyl sites for hydroxylation is 1. The predicted octanol–water partition coefficient (Wildman–Crippen LogP) is 1.14. The zero-order valence-electron chi connectivity index (χ0n) is 9.16. The van der Waals surface area contributed by atoms with Crippen molar-refractivity contribution < 1.29 is 4.84 Å². The first kappa shape index (κ1) is 11.2. The summed E-state index contributed by atoms with van der Waals surface area (Å²) in [5.41, 5.74) is 4.15. The minimum absolute atomic E-state index is 0.569. The third-order valence-electron chi connectivity index (χ3n) is 1.92. The molecule has 0 bridgehead atoms. The Labute approximate surface area is 85.2 Å². The van der Waals surface area contributed by atoms with Crippen LogP contribution < -0.4 is 5.48 Å². The summed E-state index contributed by atoms with van der Waals surface area (Å²) in [4.78, 5) is 5.25. The van der Waals surface area contributed by atoms with Gasteiger partial charge in [0, 0.05) is 31.9 Å². The standard InChI is InChI=1S/C10H19N3O/c1-9(2)8-14-12-7-5-10-4-6-11-13(10)3/h4,6,9,12H,5,7-8H2,1-3H3. The van der Waals surface area contributed by atoms with Gasteiger partial charge in [-0.15, -0.1) is 0 Å². The normalized spacial score (nSPS) is 11.1. The van der Waals surface area contributed by atoms with Crippen LogP contribution in [-0.2, 0) is 18.3 Å². The molecular formula is C10H19N3O. The molecule has 1 aromatic heterocycles. The Hall–Kier alpha value is -0.870. The Morgan fingerprint density at radius 1 is 1.57 bits per heavy atom. The van der Waals surface area contributed by atoms with E-state index in [1.165, 1.54) is 5.69 Å². The Morgan fingerprint density at radius 2 is 2.36 bits per heavy atom. The van der Waals surface area contributed by atoms with Crippen LogP contribution in [0.2, 0.25) is 0 Å². The second-order valence-electron chi connectivity index (χ2n) is 3.80. The van der Waals surface area contributed by atoms with E-state index in [9.17, 15) is 0 Å². The lowest BCUT2D eigenvalue weighted by Gasteiger charge is -2.07. The van der Waals surface area contributed by atoms with E-state index in [4.69, 9.17) is 4.84 Å². The van der Waals surface area contributed by atoms with Gasteiger partial charge in [0.05, 0.1) is 6.61 Å². The van der Waals surface area contributed by atoms with Crippen LogP contribution in [0.1, 0.15) is 19.5 Å². The summed E-state index contributed by atoms with van der Waals surface area (Å²) >= 11 is 0. The second-order valence-corrected chi connectivity index (χ2v) is 3.80. The molecule has 0 fully saturated rings. The van der Waals surface area contributed by atoms with Gasteiger partial charge < -0.3 is 4.84 Å². The molecule has 0 unspecified atom stereocenters. The van der Waals surface area contributed by atoms with Crippen LogP contribution in [0, 0.1) is 5.92 Å². The smallest absolute Gasteiger partial charge is 0.0705 e. The van der Waals surface area contributed by atoms with E-state index in [-0.39, 0.29) is 0 Å². The fraction of sp³-hybridized carbons (Fsp3) is 0.700. The lowest BCUT2D eigenvalue weighted by Crippen LogP contribution is -2.21. The zero-order chi connectivity index (χ0) is 10.4. The van der Waals surface area contributed by atoms with E-state index in [0.717, 1.165) is 19.6 Å². The van der Waals surface area contributed by atoms with Crippen molar-refractivity contribution in [2.75, 3.05) is 13.2 Å². The quantitative estimate of drug-likeness (QED) is 0.549. The van der Waals surface area contributed by atoms with Gasteiger partial charge >= 0.3 is 0 Å². The molecule has 0 radical (unpaired) electrons. The number of hydroxylamine groups is 1. The Bertz CT molecular complexity index is 258. The number of hydrogen-bond donors (Lipinski definition) is 1. The first-order chi connectivity index (χ1) is 6.70. The molecule has 14 heavy (non-hydrogen) atoms. The van der Waals surface area contributed by atoms with Gasteiger partial charge in [-0.2, -0.15) is 5.10 Å². The topological polar surface area (TPSA) is 39.1 Å². The van der Waals surface area contributed by atoms with Crippen LogP contribution in [0.4, 0.5) is 0 Å². The van der Waals surface area contributed by atoms with E-state index in [2.05, 4.69) is 24.4 Å². The zero-order valence-corrected chi connectivity index (χ0v) is 9.16. The highest BCUT2D eigenvalue weighted by molar-refractivity contribution is 4.99. The van der Waals surface area contributed by atoms with Crippen molar-refractivity contribution in [3.8, 4) is 0 Å². The summed E-state index contributed by atoms with van der Waals surface area (Å²) in [6.45, 7) is 5.84. The van der Waals surface area contributed by atoms with Crippen molar-refractivity contribution in [3.05, 3.63) is 18.0 Å².